The summed E-state index contributed by atoms with van der Waals surface area (Å²) in [6, 6.07) is 1.87. The van der Waals surface area contributed by atoms with Crippen molar-refractivity contribution in [3.05, 3.63) is 17.3 Å². The molecule has 2 aromatic rings. The van der Waals surface area contributed by atoms with Crippen LogP contribution in [-0.2, 0) is 16.1 Å². The van der Waals surface area contributed by atoms with E-state index in [0.29, 0.717) is 11.6 Å². The van der Waals surface area contributed by atoms with E-state index in [0.717, 1.165) is 10.2 Å². The molecule has 0 spiro atoms. The van der Waals surface area contributed by atoms with Crippen LogP contribution >= 0.6 is 11.3 Å². The average molecular weight is 291 g/mol. The molecular formula is C12H13N5O2S. The molecule has 7 nitrogen and oxygen atoms in total. The molecule has 0 bridgehead atoms. The minimum Gasteiger partial charge on any atom is -0.308 e. The summed E-state index contributed by atoms with van der Waals surface area (Å²) in [5, 5.41) is 2.71. The Morgan fingerprint density at radius 2 is 2.30 bits per heavy atom. The molecule has 0 aromatic carbocycles. The summed E-state index contributed by atoms with van der Waals surface area (Å²) in [7, 11) is 0. The van der Waals surface area contributed by atoms with Crippen molar-refractivity contribution in [1.82, 2.24) is 14.9 Å². The number of likely N-dealkylation sites (tertiary alicyclic amines) is 1. The Morgan fingerprint density at radius 3 is 2.95 bits per heavy atom. The Bertz CT molecular complexity index is 698. The Morgan fingerprint density at radius 1 is 1.50 bits per heavy atom. The highest BCUT2D eigenvalue weighted by atomic mass is 32.1. The van der Waals surface area contributed by atoms with Gasteiger partial charge in [-0.15, -0.1) is 11.3 Å². The topological polar surface area (TPSA) is 101 Å². The Hall–Kier alpha value is -2.06. The molecule has 104 valence electrons. The van der Waals surface area contributed by atoms with Crippen LogP contribution in [-0.4, -0.2) is 26.7 Å². The summed E-state index contributed by atoms with van der Waals surface area (Å²) in [5.41, 5.74) is 2.52. The van der Waals surface area contributed by atoms with Crippen molar-refractivity contribution in [2.75, 3.05) is 5.43 Å². The quantitative estimate of drug-likeness (QED) is 0.494. The Balaban J connectivity index is 1.95. The summed E-state index contributed by atoms with van der Waals surface area (Å²) < 4.78 is 0. The summed E-state index contributed by atoms with van der Waals surface area (Å²) in [6.45, 7) is 1.83. The van der Waals surface area contributed by atoms with Gasteiger partial charge in [-0.05, 0) is 11.4 Å². The van der Waals surface area contributed by atoms with Crippen LogP contribution in [0.15, 0.2) is 11.4 Å². The lowest BCUT2D eigenvalue weighted by atomic mass is 10.1. The average Bonchev–Trinajstić information content (AvgIpc) is 2.98. The number of nitrogens with zero attached hydrogens (tertiary/aromatic N) is 3. The van der Waals surface area contributed by atoms with Crippen LogP contribution in [0, 0.1) is 5.92 Å². The third-order valence-corrected chi connectivity index (χ3v) is 4.08. The zero-order valence-electron chi connectivity index (χ0n) is 10.8. The van der Waals surface area contributed by atoms with Crippen LogP contribution < -0.4 is 11.3 Å². The normalized spacial score (nSPS) is 19.1. The second-order valence-electron chi connectivity index (χ2n) is 4.70. The van der Waals surface area contributed by atoms with Gasteiger partial charge in [-0.2, -0.15) is 0 Å². The lowest BCUT2D eigenvalue weighted by Gasteiger charge is -2.13. The van der Waals surface area contributed by atoms with Crippen molar-refractivity contribution < 1.29 is 9.59 Å². The van der Waals surface area contributed by atoms with Crippen molar-refractivity contribution >= 4 is 39.2 Å². The molecule has 1 unspecified atom stereocenters. The third-order valence-electron chi connectivity index (χ3n) is 3.28. The number of nitrogens with one attached hydrogen (secondary N) is 1. The molecule has 20 heavy (non-hydrogen) atoms. The standard InChI is InChI=1S/C12H13N5O2S/c1-6-4-9(18)17(12(6)19)5-8-14-10(16-13)7-2-3-20-11(7)15-8/h2-3,6H,4-5,13H2,1H3,(H,14,15,16). The lowest BCUT2D eigenvalue weighted by molar-refractivity contribution is -0.140. The molecule has 3 rings (SSSR count). The minimum atomic E-state index is -0.264. The molecule has 0 saturated carbocycles. The fourth-order valence-corrected chi connectivity index (χ4v) is 3.02. The molecule has 1 aliphatic rings. The molecule has 1 saturated heterocycles. The molecule has 1 fully saturated rings. The number of nitrogens with two attached hydrogens (primary N) is 1. The number of fused-ring (bicyclic) bond motifs is 1. The SMILES string of the molecule is CC1CC(=O)N(Cc2nc(NN)c3ccsc3n2)C1=O. The summed E-state index contributed by atoms with van der Waals surface area (Å²) in [5.74, 6) is 5.73. The molecular weight excluding hydrogens is 278 g/mol. The van der Waals surface area contributed by atoms with E-state index in [1.807, 2.05) is 11.4 Å². The van der Waals surface area contributed by atoms with Gasteiger partial charge in [-0.1, -0.05) is 6.92 Å². The van der Waals surface area contributed by atoms with Crippen molar-refractivity contribution in [2.24, 2.45) is 11.8 Å². The van der Waals surface area contributed by atoms with Crippen LogP contribution in [0.4, 0.5) is 5.82 Å². The first-order valence-corrected chi connectivity index (χ1v) is 7.03. The second-order valence-corrected chi connectivity index (χ2v) is 5.59. The monoisotopic (exact) mass is 291 g/mol. The van der Waals surface area contributed by atoms with Gasteiger partial charge in [0, 0.05) is 12.3 Å². The highest BCUT2D eigenvalue weighted by Gasteiger charge is 2.36. The van der Waals surface area contributed by atoms with E-state index in [1.54, 1.807) is 6.92 Å². The fraction of sp³-hybridized carbons (Fsp3) is 0.333. The number of thiophene rings is 1. The number of imide groups is 1. The smallest absolute Gasteiger partial charge is 0.232 e. The van der Waals surface area contributed by atoms with Crippen molar-refractivity contribution in [2.45, 2.75) is 19.9 Å². The predicted octanol–water partition coefficient (Wildman–Crippen LogP) is 0.872. The van der Waals surface area contributed by atoms with E-state index >= 15 is 0 Å². The van der Waals surface area contributed by atoms with E-state index in [-0.39, 0.29) is 30.7 Å². The number of amides is 2. The van der Waals surface area contributed by atoms with Crippen LogP contribution in [0.3, 0.4) is 0 Å². The van der Waals surface area contributed by atoms with Gasteiger partial charge in [0.1, 0.15) is 4.83 Å². The van der Waals surface area contributed by atoms with Gasteiger partial charge in [0.15, 0.2) is 11.6 Å². The van der Waals surface area contributed by atoms with Gasteiger partial charge in [0.05, 0.1) is 11.9 Å². The summed E-state index contributed by atoms with van der Waals surface area (Å²) in [6.07, 6.45) is 0.252. The molecule has 8 heteroatoms. The van der Waals surface area contributed by atoms with Gasteiger partial charge in [-0.3, -0.25) is 14.5 Å². The predicted molar refractivity (Wildman–Crippen MR) is 74.6 cm³/mol. The van der Waals surface area contributed by atoms with Crippen LogP contribution in [0.2, 0.25) is 0 Å². The highest BCUT2D eigenvalue weighted by Crippen LogP contribution is 2.26. The van der Waals surface area contributed by atoms with Crippen LogP contribution in [0.5, 0.6) is 0 Å². The van der Waals surface area contributed by atoms with Crippen LogP contribution in [0.25, 0.3) is 10.2 Å². The number of aromatic nitrogens is 2. The van der Waals surface area contributed by atoms with E-state index in [1.165, 1.54) is 16.2 Å². The third kappa shape index (κ3) is 2.02. The molecule has 2 aromatic heterocycles. The first-order valence-electron chi connectivity index (χ1n) is 6.15. The molecule has 3 N–H and O–H groups in total. The maximum absolute atomic E-state index is 11.9. The minimum absolute atomic E-state index is 0.0878. The first-order chi connectivity index (χ1) is 9.60. The number of hydrogen-bond acceptors (Lipinski definition) is 7. The second kappa shape index (κ2) is 4.80. The maximum Gasteiger partial charge on any atom is 0.232 e. The van der Waals surface area contributed by atoms with Crippen LogP contribution in [0.1, 0.15) is 19.2 Å². The lowest BCUT2D eigenvalue weighted by Crippen LogP contribution is -2.30. The summed E-state index contributed by atoms with van der Waals surface area (Å²) in [4.78, 5) is 34.3. The zero-order valence-corrected chi connectivity index (χ0v) is 11.6. The van der Waals surface area contributed by atoms with E-state index in [4.69, 9.17) is 5.84 Å². The van der Waals surface area contributed by atoms with Gasteiger partial charge in [-0.25, -0.2) is 15.8 Å². The van der Waals surface area contributed by atoms with Gasteiger partial charge in [0.25, 0.3) is 0 Å². The van der Waals surface area contributed by atoms with Gasteiger partial charge in [0.2, 0.25) is 11.8 Å². The number of carbonyl (C=O) groups excluding carboxylic acids is 2. The first kappa shape index (κ1) is 12.9. The van der Waals surface area contributed by atoms with Crippen molar-refractivity contribution in [3.63, 3.8) is 0 Å². The number of anilines is 1. The highest BCUT2D eigenvalue weighted by molar-refractivity contribution is 7.16. The summed E-state index contributed by atoms with van der Waals surface area (Å²) >= 11 is 1.46. The number of hydrazine groups is 1. The van der Waals surface area contributed by atoms with Crippen molar-refractivity contribution in [1.29, 1.82) is 0 Å². The zero-order chi connectivity index (χ0) is 14.3. The molecule has 2 amide bonds. The Labute approximate surface area is 118 Å². The number of rotatable bonds is 3. The molecule has 3 heterocycles. The Kier molecular flexibility index (Phi) is 3.11. The number of hydrogen-bond donors (Lipinski definition) is 2. The van der Waals surface area contributed by atoms with Gasteiger partial charge < -0.3 is 5.43 Å². The largest absolute Gasteiger partial charge is 0.308 e. The van der Waals surface area contributed by atoms with E-state index < -0.39 is 0 Å². The van der Waals surface area contributed by atoms with E-state index in [9.17, 15) is 9.59 Å². The molecule has 1 atom stereocenters. The van der Waals surface area contributed by atoms with Gasteiger partial charge >= 0.3 is 0 Å². The van der Waals surface area contributed by atoms with E-state index in [2.05, 4.69) is 15.4 Å². The molecule has 0 radical (unpaired) electrons. The maximum atomic E-state index is 11.9. The number of nitrogen functional groups attached to an aromatic ring is 1. The molecule has 0 aliphatic carbocycles. The molecule has 1 aliphatic heterocycles. The van der Waals surface area contributed by atoms with Crippen molar-refractivity contribution in [3.8, 4) is 0 Å². The fourth-order valence-electron chi connectivity index (χ4n) is 2.24. The number of carbonyl (C=O) groups is 2.